The molecule has 0 unspecified atom stereocenters. The average molecular weight is 488 g/mol. The standard InChI is InChI=1S/C27H25N3O4S/c1-5-34-26(32)23-16(2)28-27-30(25(31)22(35-27)15-17-9-8-14-29(17)3)24(23)20-12-13-21(33-4)19-11-7-6-10-18(19)20/h6-15,24H,5H2,1-4H3/t24-/m0/s1. The Labute approximate surface area is 205 Å². The number of carbonyl (C=O) groups excluding carboxylic acids is 1. The highest BCUT2D eigenvalue weighted by molar-refractivity contribution is 7.07. The van der Waals surface area contributed by atoms with E-state index in [1.807, 2.05) is 72.4 Å². The Morgan fingerprint density at radius 3 is 2.60 bits per heavy atom. The highest BCUT2D eigenvalue weighted by atomic mass is 32.1. The second-order valence-corrected chi connectivity index (χ2v) is 9.26. The number of aromatic nitrogens is 2. The number of thiazole rings is 1. The van der Waals surface area contributed by atoms with Gasteiger partial charge in [-0.1, -0.05) is 41.7 Å². The van der Waals surface area contributed by atoms with Crippen molar-refractivity contribution >= 4 is 34.2 Å². The maximum atomic E-state index is 13.8. The molecule has 8 heteroatoms. The van der Waals surface area contributed by atoms with Crippen molar-refractivity contribution in [1.82, 2.24) is 9.13 Å². The van der Waals surface area contributed by atoms with Crippen molar-refractivity contribution in [3.05, 3.63) is 96.9 Å². The van der Waals surface area contributed by atoms with Crippen molar-refractivity contribution in [2.75, 3.05) is 13.7 Å². The molecule has 0 N–H and O–H groups in total. The molecule has 0 fully saturated rings. The number of methoxy groups -OCH3 is 1. The Bertz CT molecular complexity index is 1670. The molecule has 1 atom stereocenters. The molecule has 3 heterocycles. The predicted octanol–water partition coefficient (Wildman–Crippen LogP) is 3.30. The first-order valence-corrected chi connectivity index (χ1v) is 12.1. The fourth-order valence-electron chi connectivity index (χ4n) is 4.56. The molecule has 7 nitrogen and oxygen atoms in total. The minimum atomic E-state index is -0.684. The van der Waals surface area contributed by atoms with Crippen molar-refractivity contribution in [3.8, 4) is 5.75 Å². The van der Waals surface area contributed by atoms with Gasteiger partial charge in [0.2, 0.25) is 0 Å². The van der Waals surface area contributed by atoms with E-state index in [2.05, 4.69) is 4.99 Å². The van der Waals surface area contributed by atoms with Crippen LogP contribution in [0, 0.1) is 0 Å². The molecule has 0 aliphatic carbocycles. The fourth-order valence-corrected chi connectivity index (χ4v) is 5.59. The molecule has 178 valence electrons. The Morgan fingerprint density at radius 2 is 1.91 bits per heavy atom. The van der Waals surface area contributed by atoms with E-state index < -0.39 is 12.0 Å². The number of rotatable bonds is 5. The Kier molecular flexibility index (Phi) is 5.90. The predicted molar refractivity (Wildman–Crippen MR) is 136 cm³/mol. The summed E-state index contributed by atoms with van der Waals surface area (Å²) in [7, 11) is 3.56. The van der Waals surface area contributed by atoms with E-state index in [9.17, 15) is 9.59 Å². The van der Waals surface area contributed by atoms with E-state index in [0.29, 0.717) is 20.6 Å². The zero-order valence-corrected chi connectivity index (χ0v) is 20.8. The number of ether oxygens (including phenoxy) is 2. The molecule has 2 aromatic heterocycles. The molecule has 0 radical (unpaired) electrons. The molecule has 2 aromatic carbocycles. The quantitative estimate of drug-likeness (QED) is 0.405. The van der Waals surface area contributed by atoms with Crippen LogP contribution < -0.4 is 19.6 Å². The van der Waals surface area contributed by atoms with Crippen LogP contribution in [-0.2, 0) is 16.6 Å². The third kappa shape index (κ3) is 3.80. The number of benzene rings is 2. The third-order valence-corrected chi connectivity index (χ3v) is 7.20. The van der Waals surface area contributed by atoms with Gasteiger partial charge in [0.1, 0.15) is 5.75 Å². The number of nitrogens with zero attached hydrogens (tertiary/aromatic N) is 3. The first-order chi connectivity index (χ1) is 16.9. The summed E-state index contributed by atoms with van der Waals surface area (Å²) in [5.74, 6) is 0.245. The van der Waals surface area contributed by atoms with E-state index in [-0.39, 0.29) is 12.2 Å². The molecule has 1 aliphatic rings. The molecule has 0 spiro atoms. The zero-order valence-electron chi connectivity index (χ0n) is 19.9. The van der Waals surface area contributed by atoms with Gasteiger partial charge in [0.25, 0.3) is 5.56 Å². The van der Waals surface area contributed by atoms with Crippen LogP contribution in [0.4, 0.5) is 0 Å². The number of aryl methyl sites for hydroxylation is 1. The second kappa shape index (κ2) is 9.03. The Balaban J connectivity index is 1.83. The maximum absolute atomic E-state index is 13.8. The van der Waals surface area contributed by atoms with Gasteiger partial charge in [-0.2, -0.15) is 0 Å². The van der Waals surface area contributed by atoms with Gasteiger partial charge < -0.3 is 14.0 Å². The summed E-state index contributed by atoms with van der Waals surface area (Å²) in [6, 6.07) is 14.8. The molecular weight excluding hydrogens is 462 g/mol. The molecule has 0 saturated heterocycles. The SMILES string of the molecule is CCOC(=O)C1=C(C)N=c2sc(=Cc3cccn3C)c(=O)n2[C@H]1c1ccc(OC)c2ccccc12. The summed E-state index contributed by atoms with van der Waals surface area (Å²) in [5, 5.41) is 1.79. The minimum absolute atomic E-state index is 0.200. The van der Waals surface area contributed by atoms with Gasteiger partial charge >= 0.3 is 5.97 Å². The summed E-state index contributed by atoms with van der Waals surface area (Å²) in [5.41, 5.74) is 2.42. The molecule has 4 aromatic rings. The van der Waals surface area contributed by atoms with Crippen molar-refractivity contribution in [2.45, 2.75) is 19.9 Å². The monoisotopic (exact) mass is 487 g/mol. The summed E-state index contributed by atoms with van der Waals surface area (Å²) in [6.07, 6.45) is 3.79. The van der Waals surface area contributed by atoms with Crippen LogP contribution in [0.25, 0.3) is 16.8 Å². The van der Waals surface area contributed by atoms with E-state index in [4.69, 9.17) is 9.47 Å². The van der Waals surface area contributed by atoms with E-state index in [1.54, 1.807) is 25.5 Å². The lowest BCUT2D eigenvalue weighted by atomic mass is 9.91. The third-order valence-electron chi connectivity index (χ3n) is 6.21. The average Bonchev–Trinajstić information content (AvgIpc) is 3.39. The van der Waals surface area contributed by atoms with Gasteiger partial charge in [-0.25, -0.2) is 9.79 Å². The van der Waals surface area contributed by atoms with Gasteiger partial charge in [0.05, 0.1) is 35.6 Å². The topological polar surface area (TPSA) is 74.8 Å². The molecule has 0 bridgehead atoms. The number of allylic oxidation sites excluding steroid dienone is 1. The second-order valence-electron chi connectivity index (χ2n) is 8.25. The van der Waals surface area contributed by atoms with Gasteiger partial charge in [0.15, 0.2) is 4.80 Å². The first kappa shape index (κ1) is 22.9. The Morgan fingerprint density at radius 1 is 1.14 bits per heavy atom. The van der Waals surface area contributed by atoms with Crippen LogP contribution in [0.2, 0.25) is 0 Å². The largest absolute Gasteiger partial charge is 0.496 e. The number of carbonyl (C=O) groups is 1. The molecule has 0 saturated carbocycles. The first-order valence-electron chi connectivity index (χ1n) is 11.3. The summed E-state index contributed by atoms with van der Waals surface area (Å²) < 4.78 is 15.1. The van der Waals surface area contributed by atoms with Crippen molar-refractivity contribution in [3.63, 3.8) is 0 Å². The molecular formula is C27H25N3O4S. The number of esters is 1. The molecule has 1 aliphatic heterocycles. The lowest BCUT2D eigenvalue weighted by molar-refractivity contribution is -0.139. The van der Waals surface area contributed by atoms with Gasteiger partial charge in [-0.05, 0) is 49.1 Å². The number of fused-ring (bicyclic) bond motifs is 2. The summed E-state index contributed by atoms with van der Waals surface area (Å²) in [6.45, 7) is 3.78. The van der Waals surface area contributed by atoms with Crippen LogP contribution in [0.3, 0.4) is 0 Å². The molecule has 5 rings (SSSR count). The summed E-state index contributed by atoms with van der Waals surface area (Å²) >= 11 is 1.32. The highest BCUT2D eigenvalue weighted by Crippen LogP contribution is 2.37. The van der Waals surface area contributed by atoms with E-state index in [1.165, 1.54) is 11.3 Å². The normalized spacial score (nSPS) is 15.8. The zero-order chi connectivity index (χ0) is 24.7. The van der Waals surface area contributed by atoms with Crippen LogP contribution in [0.5, 0.6) is 5.75 Å². The highest BCUT2D eigenvalue weighted by Gasteiger charge is 2.34. The van der Waals surface area contributed by atoms with Crippen molar-refractivity contribution in [1.29, 1.82) is 0 Å². The Hall–Kier alpha value is -3.91. The van der Waals surface area contributed by atoms with Crippen LogP contribution >= 0.6 is 11.3 Å². The summed E-state index contributed by atoms with van der Waals surface area (Å²) in [4.78, 5) is 32.2. The lowest BCUT2D eigenvalue weighted by Crippen LogP contribution is -2.40. The smallest absolute Gasteiger partial charge is 0.338 e. The van der Waals surface area contributed by atoms with Crippen LogP contribution in [0.1, 0.15) is 31.1 Å². The van der Waals surface area contributed by atoms with Crippen LogP contribution in [0.15, 0.2) is 75.8 Å². The molecule has 0 amide bonds. The maximum Gasteiger partial charge on any atom is 0.338 e. The van der Waals surface area contributed by atoms with Crippen molar-refractivity contribution in [2.24, 2.45) is 12.0 Å². The number of hydrogen-bond acceptors (Lipinski definition) is 6. The van der Waals surface area contributed by atoms with Gasteiger partial charge in [-0.3, -0.25) is 9.36 Å². The number of hydrogen-bond donors (Lipinski definition) is 0. The fraction of sp³-hybridized carbons (Fsp3) is 0.222. The van der Waals surface area contributed by atoms with Crippen LogP contribution in [-0.4, -0.2) is 28.8 Å². The van der Waals surface area contributed by atoms with E-state index in [0.717, 1.165) is 27.8 Å². The van der Waals surface area contributed by atoms with Crippen molar-refractivity contribution < 1.29 is 14.3 Å². The van der Waals surface area contributed by atoms with Gasteiger partial charge in [0, 0.05) is 24.3 Å². The lowest BCUT2D eigenvalue weighted by Gasteiger charge is -2.26. The van der Waals surface area contributed by atoms with E-state index >= 15 is 0 Å². The molecule has 35 heavy (non-hydrogen) atoms. The van der Waals surface area contributed by atoms with Gasteiger partial charge in [-0.15, -0.1) is 0 Å². The minimum Gasteiger partial charge on any atom is -0.496 e.